The largest absolute Gasteiger partial charge is 0.496 e. The molecule has 0 aliphatic heterocycles. The van der Waals surface area contributed by atoms with Crippen molar-refractivity contribution in [2.75, 3.05) is 28.4 Å². The summed E-state index contributed by atoms with van der Waals surface area (Å²) in [6.45, 7) is 3.98. The first-order chi connectivity index (χ1) is 11.5. The molecule has 2 rings (SSSR count). The molecular weight excluding hydrogens is 304 g/mol. The van der Waals surface area contributed by atoms with E-state index >= 15 is 0 Å². The van der Waals surface area contributed by atoms with Crippen LogP contribution in [0.2, 0.25) is 0 Å². The van der Waals surface area contributed by atoms with E-state index in [1.165, 1.54) is 0 Å². The maximum absolute atomic E-state index is 5.49. The minimum absolute atomic E-state index is 0.772. The van der Waals surface area contributed by atoms with Crippen molar-refractivity contribution in [3.8, 4) is 23.0 Å². The molecule has 128 valence electrons. The van der Waals surface area contributed by atoms with Crippen LogP contribution < -0.4 is 18.9 Å². The Morgan fingerprint density at radius 2 is 1.08 bits per heavy atom. The summed E-state index contributed by atoms with van der Waals surface area (Å²) in [6.07, 6.45) is 3.96. The van der Waals surface area contributed by atoms with Gasteiger partial charge in [-0.25, -0.2) is 0 Å². The van der Waals surface area contributed by atoms with Crippen molar-refractivity contribution in [1.29, 1.82) is 0 Å². The predicted octanol–water partition coefficient (Wildman–Crippen LogP) is 4.51. The third-order valence-electron chi connectivity index (χ3n) is 3.91. The quantitative estimate of drug-likeness (QED) is 0.731. The zero-order valence-electron chi connectivity index (χ0n) is 15.1. The second kappa shape index (κ2) is 7.77. The van der Waals surface area contributed by atoms with E-state index in [9.17, 15) is 0 Å². The topological polar surface area (TPSA) is 36.9 Å². The highest BCUT2D eigenvalue weighted by Crippen LogP contribution is 2.34. The van der Waals surface area contributed by atoms with Crippen molar-refractivity contribution in [3.63, 3.8) is 0 Å². The van der Waals surface area contributed by atoms with Crippen LogP contribution >= 0.6 is 0 Å². The molecule has 0 aliphatic carbocycles. The average Bonchev–Trinajstić information content (AvgIpc) is 2.60. The molecule has 0 bridgehead atoms. The minimum Gasteiger partial charge on any atom is -0.496 e. The maximum atomic E-state index is 5.49. The molecule has 0 saturated carbocycles. The molecule has 0 spiro atoms. The van der Waals surface area contributed by atoms with Gasteiger partial charge >= 0.3 is 0 Å². The Labute approximate surface area is 143 Å². The number of ether oxygens (including phenoxy) is 4. The van der Waals surface area contributed by atoms with Gasteiger partial charge in [0.05, 0.1) is 34.0 Å². The van der Waals surface area contributed by atoms with Crippen molar-refractivity contribution >= 4 is 12.2 Å². The standard InChI is InChI=1S/C20H24O4/c1-13-9-19(23-5)16(20(10-13)24-6)8-7-15-11-17(21-3)14(2)18(12-15)22-4/h7-12H,1-6H3/b8-7+. The van der Waals surface area contributed by atoms with Gasteiger partial charge in [0, 0.05) is 5.56 Å². The van der Waals surface area contributed by atoms with Crippen molar-refractivity contribution in [3.05, 3.63) is 46.5 Å². The SMILES string of the molecule is COc1cc(/C=C/c2c(OC)cc(C)cc2OC)cc(OC)c1C. The first kappa shape index (κ1) is 17.7. The lowest BCUT2D eigenvalue weighted by Crippen LogP contribution is -1.94. The molecule has 2 aromatic rings. The summed E-state index contributed by atoms with van der Waals surface area (Å²) in [5.41, 5.74) is 3.92. The first-order valence-electron chi connectivity index (χ1n) is 7.67. The van der Waals surface area contributed by atoms with E-state index in [1.54, 1.807) is 28.4 Å². The smallest absolute Gasteiger partial charge is 0.130 e. The predicted molar refractivity (Wildman–Crippen MR) is 97.5 cm³/mol. The van der Waals surface area contributed by atoms with Gasteiger partial charge in [-0.05, 0) is 55.3 Å². The van der Waals surface area contributed by atoms with E-state index in [4.69, 9.17) is 18.9 Å². The van der Waals surface area contributed by atoms with Gasteiger partial charge in [-0.15, -0.1) is 0 Å². The summed E-state index contributed by atoms with van der Waals surface area (Å²) in [7, 11) is 6.62. The Morgan fingerprint density at radius 3 is 1.50 bits per heavy atom. The fourth-order valence-electron chi connectivity index (χ4n) is 2.62. The second-order valence-electron chi connectivity index (χ2n) is 5.47. The van der Waals surface area contributed by atoms with Crippen molar-refractivity contribution in [1.82, 2.24) is 0 Å². The first-order valence-corrected chi connectivity index (χ1v) is 7.67. The second-order valence-corrected chi connectivity index (χ2v) is 5.47. The van der Waals surface area contributed by atoms with Gasteiger partial charge in [-0.2, -0.15) is 0 Å². The van der Waals surface area contributed by atoms with Gasteiger partial charge in [-0.3, -0.25) is 0 Å². The van der Waals surface area contributed by atoms with Gasteiger partial charge in [0.2, 0.25) is 0 Å². The minimum atomic E-state index is 0.772. The van der Waals surface area contributed by atoms with Crippen LogP contribution in [0.25, 0.3) is 12.2 Å². The van der Waals surface area contributed by atoms with Crippen LogP contribution in [0.1, 0.15) is 22.3 Å². The Bertz CT molecular complexity index is 697. The lowest BCUT2D eigenvalue weighted by Gasteiger charge is -2.13. The number of methoxy groups -OCH3 is 4. The summed E-state index contributed by atoms with van der Waals surface area (Å²) in [4.78, 5) is 0. The molecular formula is C20H24O4. The molecule has 0 aromatic heterocycles. The Hall–Kier alpha value is -2.62. The molecule has 0 amide bonds. The number of hydrogen-bond donors (Lipinski definition) is 0. The monoisotopic (exact) mass is 328 g/mol. The average molecular weight is 328 g/mol. The van der Waals surface area contributed by atoms with Gasteiger partial charge in [-0.1, -0.05) is 6.08 Å². The normalized spacial score (nSPS) is 10.8. The molecule has 0 heterocycles. The zero-order valence-corrected chi connectivity index (χ0v) is 15.1. The summed E-state index contributed by atoms with van der Waals surface area (Å²) >= 11 is 0. The van der Waals surface area contributed by atoms with Gasteiger partial charge in [0.25, 0.3) is 0 Å². The van der Waals surface area contributed by atoms with E-state index in [-0.39, 0.29) is 0 Å². The van der Waals surface area contributed by atoms with E-state index < -0.39 is 0 Å². The summed E-state index contributed by atoms with van der Waals surface area (Å²) in [6, 6.07) is 7.92. The van der Waals surface area contributed by atoms with E-state index in [0.29, 0.717) is 0 Å². The zero-order chi connectivity index (χ0) is 17.7. The molecule has 2 aromatic carbocycles. The van der Waals surface area contributed by atoms with Crippen LogP contribution in [0.4, 0.5) is 0 Å². The third kappa shape index (κ3) is 3.65. The molecule has 24 heavy (non-hydrogen) atoms. The number of hydrogen-bond acceptors (Lipinski definition) is 4. The van der Waals surface area contributed by atoms with Gasteiger partial charge in [0.1, 0.15) is 23.0 Å². The molecule has 0 N–H and O–H groups in total. The summed E-state index contributed by atoms with van der Waals surface area (Å²) in [5.74, 6) is 3.12. The molecule has 0 atom stereocenters. The van der Waals surface area contributed by atoms with Crippen LogP contribution in [0, 0.1) is 13.8 Å². The highest BCUT2D eigenvalue weighted by Gasteiger charge is 2.10. The molecule has 4 heteroatoms. The highest BCUT2D eigenvalue weighted by atomic mass is 16.5. The lowest BCUT2D eigenvalue weighted by atomic mass is 10.1. The van der Waals surface area contributed by atoms with Crippen LogP contribution in [-0.2, 0) is 0 Å². The molecule has 0 fully saturated rings. The maximum Gasteiger partial charge on any atom is 0.130 e. The van der Waals surface area contributed by atoms with Crippen LogP contribution in [0.3, 0.4) is 0 Å². The van der Waals surface area contributed by atoms with Gasteiger partial charge < -0.3 is 18.9 Å². The Balaban J connectivity index is 2.48. The van der Waals surface area contributed by atoms with E-state index in [1.807, 2.05) is 50.3 Å². The molecule has 0 radical (unpaired) electrons. The lowest BCUT2D eigenvalue weighted by molar-refractivity contribution is 0.388. The summed E-state index contributed by atoms with van der Waals surface area (Å²) in [5, 5.41) is 0. The third-order valence-corrected chi connectivity index (χ3v) is 3.91. The Morgan fingerprint density at radius 1 is 0.625 bits per heavy atom. The molecule has 0 unspecified atom stereocenters. The molecule has 4 nitrogen and oxygen atoms in total. The fourth-order valence-corrected chi connectivity index (χ4v) is 2.62. The molecule has 0 aliphatic rings. The Kier molecular flexibility index (Phi) is 5.74. The van der Waals surface area contributed by atoms with Crippen molar-refractivity contribution in [2.24, 2.45) is 0 Å². The fraction of sp³-hybridized carbons (Fsp3) is 0.300. The van der Waals surface area contributed by atoms with Crippen molar-refractivity contribution < 1.29 is 18.9 Å². The van der Waals surface area contributed by atoms with Crippen LogP contribution in [0.5, 0.6) is 23.0 Å². The van der Waals surface area contributed by atoms with E-state index in [0.717, 1.165) is 45.3 Å². The number of rotatable bonds is 6. The summed E-state index contributed by atoms with van der Waals surface area (Å²) < 4.78 is 21.8. The van der Waals surface area contributed by atoms with Crippen LogP contribution in [0.15, 0.2) is 24.3 Å². The van der Waals surface area contributed by atoms with Gasteiger partial charge in [0.15, 0.2) is 0 Å². The van der Waals surface area contributed by atoms with Crippen LogP contribution in [-0.4, -0.2) is 28.4 Å². The highest BCUT2D eigenvalue weighted by molar-refractivity contribution is 5.77. The van der Waals surface area contributed by atoms with E-state index in [2.05, 4.69) is 0 Å². The number of benzene rings is 2. The molecule has 0 saturated heterocycles. The van der Waals surface area contributed by atoms with Crippen molar-refractivity contribution in [2.45, 2.75) is 13.8 Å². The number of aryl methyl sites for hydroxylation is 1.